The highest BCUT2D eigenvalue weighted by Gasteiger charge is 2.26. The van der Waals surface area contributed by atoms with E-state index in [0.29, 0.717) is 31.0 Å². The Balaban J connectivity index is 2.30. The Morgan fingerprint density at radius 3 is 2.72 bits per heavy atom. The van der Waals surface area contributed by atoms with Crippen molar-refractivity contribution >= 4 is 0 Å². The van der Waals surface area contributed by atoms with Gasteiger partial charge in [-0.05, 0) is 38.0 Å². The van der Waals surface area contributed by atoms with E-state index in [0.717, 1.165) is 0 Å². The first-order valence-electron chi connectivity index (χ1n) is 7.29. The van der Waals surface area contributed by atoms with Gasteiger partial charge in [0.2, 0.25) is 0 Å². The molecule has 0 aromatic carbocycles. The Morgan fingerprint density at radius 2 is 2.06 bits per heavy atom. The summed E-state index contributed by atoms with van der Waals surface area (Å²) in [6.45, 7) is 7.90. The monoisotopic (exact) mass is 257 g/mol. The molecular weight excluding hydrogens is 226 g/mol. The SMILES string of the molecule is COCCC(C)(O)CNC1CCCC(C)(C)CC1. The Hall–Kier alpha value is -0.120. The predicted molar refractivity (Wildman–Crippen MR) is 75.8 cm³/mol. The van der Waals surface area contributed by atoms with Crippen molar-refractivity contribution in [1.29, 1.82) is 0 Å². The predicted octanol–water partition coefficient (Wildman–Crippen LogP) is 2.72. The van der Waals surface area contributed by atoms with Crippen molar-refractivity contribution in [3.05, 3.63) is 0 Å². The van der Waals surface area contributed by atoms with Crippen LogP contribution in [-0.2, 0) is 4.74 Å². The average molecular weight is 257 g/mol. The van der Waals surface area contributed by atoms with Gasteiger partial charge in [-0.2, -0.15) is 0 Å². The number of hydrogen-bond acceptors (Lipinski definition) is 3. The van der Waals surface area contributed by atoms with E-state index in [1.54, 1.807) is 7.11 Å². The fraction of sp³-hybridized carbons (Fsp3) is 1.00. The lowest BCUT2D eigenvalue weighted by molar-refractivity contribution is 0.0223. The number of rotatable bonds is 6. The fourth-order valence-corrected chi connectivity index (χ4v) is 2.64. The van der Waals surface area contributed by atoms with Crippen LogP contribution in [-0.4, -0.2) is 37.0 Å². The van der Waals surface area contributed by atoms with E-state index in [2.05, 4.69) is 19.2 Å². The van der Waals surface area contributed by atoms with Gasteiger partial charge in [0, 0.05) is 32.7 Å². The molecule has 108 valence electrons. The normalized spacial score (nSPS) is 27.5. The third kappa shape index (κ3) is 6.17. The van der Waals surface area contributed by atoms with Gasteiger partial charge in [0.25, 0.3) is 0 Å². The quantitative estimate of drug-likeness (QED) is 0.719. The van der Waals surface area contributed by atoms with E-state index < -0.39 is 5.60 Å². The molecular formula is C15H31NO2. The molecule has 3 heteroatoms. The molecule has 0 bridgehead atoms. The van der Waals surface area contributed by atoms with E-state index in [4.69, 9.17) is 4.74 Å². The van der Waals surface area contributed by atoms with Gasteiger partial charge in [-0.15, -0.1) is 0 Å². The molecule has 1 aliphatic rings. The highest BCUT2D eigenvalue weighted by atomic mass is 16.5. The molecule has 0 radical (unpaired) electrons. The molecule has 0 spiro atoms. The maximum absolute atomic E-state index is 10.2. The van der Waals surface area contributed by atoms with Gasteiger partial charge in [-0.3, -0.25) is 0 Å². The third-order valence-corrected chi connectivity index (χ3v) is 4.19. The molecule has 2 N–H and O–H groups in total. The van der Waals surface area contributed by atoms with Crippen LogP contribution in [0, 0.1) is 5.41 Å². The molecule has 1 fully saturated rings. The van der Waals surface area contributed by atoms with Gasteiger partial charge in [0.05, 0.1) is 5.60 Å². The van der Waals surface area contributed by atoms with Crippen LogP contribution in [0.15, 0.2) is 0 Å². The number of nitrogens with one attached hydrogen (secondary N) is 1. The summed E-state index contributed by atoms with van der Waals surface area (Å²) in [7, 11) is 1.68. The number of methoxy groups -OCH3 is 1. The van der Waals surface area contributed by atoms with Crippen molar-refractivity contribution in [2.75, 3.05) is 20.3 Å². The summed E-state index contributed by atoms with van der Waals surface area (Å²) in [5.74, 6) is 0. The molecule has 1 rings (SSSR count). The van der Waals surface area contributed by atoms with E-state index >= 15 is 0 Å². The summed E-state index contributed by atoms with van der Waals surface area (Å²) in [6, 6.07) is 0.570. The largest absolute Gasteiger partial charge is 0.389 e. The molecule has 0 heterocycles. The molecule has 1 saturated carbocycles. The van der Waals surface area contributed by atoms with Crippen molar-refractivity contribution in [3.63, 3.8) is 0 Å². The van der Waals surface area contributed by atoms with Crippen LogP contribution in [0.25, 0.3) is 0 Å². The molecule has 1 aliphatic carbocycles. The molecule has 0 aromatic rings. The first kappa shape index (κ1) is 15.9. The average Bonchev–Trinajstić information content (AvgIpc) is 2.45. The smallest absolute Gasteiger partial charge is 0.0765 e. The maximum Gasteiger partial charge on any atom is 0.0765 e. The molecule has 18 heavy (non-hydrogen) atoms. The van der Waals surface area contributed by atoms with Crippen LogP contribution < -0.4 is 5.32 Å². The highest BCUT2D eigenvalue weighted by Crippen LogP contribution is 2.33. The second kappa shape index (κ2) is 6.88. The Labute approximate surface area is 112 Å². The zero-order valence-electron chi connectivity index (χ0n) is 12.6. The zero-order valence-corrected chi connectivity index (χ0v) is 12.6. The Morgan fingerprint density at radius 1 is 1.33 bits per heavy atom. The van der Waals surface area contributed by atoms with Crippen molar-refractivity contribution in [1.82, 2.24) is 5.32 Å². The lowest BCUT2D eigenvalue weighted by Gasteiger charge is -2.27. The van der Waals surface area contributed by atoms with Gasteiger partial charge in [-0.1, -0.05) is 20.3 Å². The van der Waals surface area contributed by atoms with Crippen molar-refractivity contribution in [2.24, 2.45) is 5.41 Å². The van der Waals surface area contributed by atoms with Crippen LogP contribution >= 0.6 is 0 Å². The van der Waals surface area contributed by atoms with E-state index in [1.807, 2.05) is 6.92 Å². The topological polar surface area (TPSA) is 41.5 Å². The molecule has 2 unspecified atom stereocenters. The van der Waals surface area contributed by atoms with Crippen LogP contribution in [0.5, 0.6) is 0 Å². The van der Waals surface area contributed by atoms with Gasteiger partial charge in [0.15, 0.2) is 0 Å². The highest BCUT2D eigenvalue weighted by molar-refractivity contribution is 4.83. The summed E-state index contributed by atoms with van der Waals surface area (Å²) >= 11 is 0. The molecule has 0 saturated heterocycles. The molecule has 0 aliphatic heterocycles. The minimum Gasteiger partial charge on any atom is -0.389 e. The van der Waals surface area contributed by atoms with Crippen molar-refractivity contribution < 1.29 is 9.84 Å². The van der Waals surface area contributed by atoms with E-state index in [-0.39, 0.29) is 0 Å². The first-order chi connectivity index (χ1) is 8.35. The lowest BCUT2D eigenvalue weighted by Crippen LogP contribution is -2.43. The third-order valence-electron chi connectivity index (χ3n) is 4.19. The second-order valence-electron chi connectivity index (χ2n) is 6.91. The minimum atomic E-state index is -0.655. The van der Waals surface area contributed by atoms with Gasteiger partial charge in [-0.25, -0.2) is 0 Å². The van der Waals surface area contributed by atoms with Crippen LogP contribution in [0.4, 0.5) is 0 Å². The molecule has 2 atom stereocenters. The number of ether oxygens (including phenoxy) is 1. The summed E-state index contributed by atoms with van der Waals surface area (Å²) in [6.07, 6.45) is 7.06. The summed E-state index contributed by atoms with van der Waals surface area (Å²) in [5.41, 5.74) is -0.160. The van der Waals surface area contributed by atoms with Gasteiger partial charge in [0.1, 0.15) is 0 Å². The van der Waals surface area contributed by atoms with Crippen LogP contribution in [0.3, 0.4) is 0 Å². The van der Waals surface area contributed by atoms with Crippen molar-refractivity contribution in [2.45, 2.75) is 70.9 Å². The van der Waals surface area contributed by atoms with Crippen LogP contribution in [0.1, 0.15) is 59.3 Å². The van der Waals surface area contributed by atoms with Gasteiger partial charge >= 0.3 is 0 Å². The fourth-order valence-electron chi connectivity index (χ4n) is 2.64. The number of aliphatic hydroxyl groups is 1. The number of hydrogen-bond donors (Lipinski definition) is 2. The Kier molecular flexibility index (Phi) is 6.09. The second-order valence-corrected chi connectivity index (χ2v) is 6.91. The van der Waals surface area contributed by atoms with Crippen LogP contribution in [0.2, 0.25) is 0 Å². The first-order valence-corrected chi connectivity index (χ1v) is 7.29. The molecule has 0 aromatic heterocycles. The summed E-state index contributed by atoms with van der Waals surface area (Å²) in [4.78, 5) is 0. The maximum atomic E-state index is 10.2. The molecule has 0 amide bonds. The zero-order chi connectivity index (χ0) is 13.6. The molecule has 3 nitrogen and oxygen atoms in total. The van der Waals surface area contributed by atoms with E-state index in [9.17, 15) is 5.11 Å². The van der Waals surface area contributed by atoms with Gasteiger partial charge < -0.3 is 15.2 Å². The summed E-state index contributed by atoms with van der Waals surface area (Å²) < 4.78 is 5.03. The lowest BCUT2D eigenvalue weighted by atomic mass is 9.85. The Bertz CT molecular complexity index is 239. The minimum absolute atomic E-state index is 0.495. The standard InChI is InChI=1S/C15H31NO2/c1-14(2)8-5-6-13(7-9-14)16-12-15(3,17)10-11-18-4/h13,16-17H,5-12H2,1-4H3. The van der Waals surface area contributed by atoms with Crippen molar-refractivity contribution in [3.8, 4) is 0 Å². The summed E-state index contributed by atoms with van der Waals surface area (Å²) in [5, 5.41) is 13.7. The van der Waals surface area contributed by atoms with E-state index in [1.165, 1.54) is 32.1 Å².